The van der Waals surface area contributed by atoms with Gasteiger partial charge in [0.2, 0.25) is 0 Å². The number of phosphoric acid groups is 2. The number of rotatable bonds is 81. The van der Waals surface area contributed by atoms with Gasteiger partial charge in [-0.05, 0) is 43.4 Å². The molecule has 19 heteroatoms. The third-order valence-electron chi connectivity index (χ3n) is 19.4. The highest BCUT2D eigenvalue weighted by Crippen LogP contribution is 2.45. The number of esters is 4. The van der Waals surface area contributed by atoms with Crippen molar-refractivity contribution in [2.75, 3.05) is 39.6 Å². The fraction of sp³-hybridized carbons (Fsp3) is 0.952. The summed E-state index contributed by atoms with van der Waals surface area (Å²) < 4.78 is 68.7. The van der Waals surface area contributed by atoms with Crippen LogP contribution in [0.3, 0.4) is 0 Å². The maximum Gasteiger partial charge on any atom is 0.472 e. The fourth-order valence-electron chi connectivity index (χ4n) is 12.8. The lowest BCUT2D eigenvalue weighted by atomic mass is 10.0. The topological polar surface area (TPSA) is 237 Å². The Morgan fingerprint density at radius 2 is 0.451 bits per heavy atom. The number of carbonyl (C=O) groups excluding carboxylic acids is 4. The Morgan fingerprint density at radius 1 is 0.265 bits per heavy atom. The molecule has 0 aliphatic carbocycles. The first-order valence-electron chi connectivity index (χ1n) is 42.8. The van der Waals surface area contributed by atoms with Crippen molar-refractivity contribution in [2.45, 2.75) is 452 Å². The maximum atomic E-state index is 13.1. The fourth-order valence-corrected chi connectivity index (χ4v) is 14.4. The minimum absolute atomic E-state index is 0.104. The Balaban J connectivity index is 5.18. The van der Waals surface area contributed by atoms with Gasteiger partial charge in [-0.25, -0.2) is 9.13 Å². The Kier molecular flexibility index (Phi) is 71.8. The number of aliphatic hydroxyl groups is 1. The highest BCUT2D eigenvalue weighted by Gasteiger charge is 2.30. The number of ether oxygens (including phenoxy) is 4. The van der Waals surface area contributed by atoms with Crippen molar-refractivity contribution in [2.24, 2.45) is 17.8 Å². The molecule has 17 nitrogen and oxygen atoms in total. The van der Waals surface area contributed by atoms with Crippen molar-refractivity contribution < 1.29 is 80.2 Å². The van der Waals surface area contributed by atoms with E-state index in [2.05, 4.69) is 48.5 Å². The SMILES string of the molecule is CCCCCCCCCCCCC(=O)OC[C@H](COP(=O)(O)OC[C@H](O)COP(=O)(O)OC[C@@H](COC(=O)CCCCCCCCCCCCCCCCCCCCC(C)C)OC(=O)CCCCCCCCCCCCCCCCCCCCC(C)C)OC(=O)CCCCCCCCCC(C)C. The van der Waals surface area contributed by atoms with Crippen molar-refractivity contribution >= 4 is 39.5 Å². The van der Waals surface area contributed by atoms with Crippen LogP contribution in [0, 0.1) is 17.8 Å². The van der Waals surface area contributed by atoms with Gasteiger partial charge in [0.1, 0.15) is 19.3 Å². The molecule has 0 radical (unpaired) electrons. The molecule has 0 saturated carbocycles. The molecule has 3 N–H and O–H groups in total. The average Bonchev–Trinajstić information content (AvgIpc) is 0.937. The summed E-state index contributed by atoms with van der Waals surface area (Å²) >= 11 is 0. The highest BCUT2D eigenvalue weighted by molar-refractivity contribution is 7.47. The summed E-state index contributed by atoms with van der Waals surface area (Å²) in [5.41, 5.74) is 0. The summed E-state index contributed by atoms with van der Waals surface area (Å²) in [6, 6.07) is 0. The smallest absolute Gasteiger partial charge is 0.462 e. The van der Waals surface area contributed by atoms with Crippen LogP contribution in [0.1, 0.15) is 434 Å². The number of hydrogen-bond donors (Lipinski definition) is 3. The van der Waals surface area contributed by atoms with Crippen LogP contribution in [-0.4, -0.2) is 96.7 Å². The lowest BCUT2D eigenvalue weighted by molar-refractivity contribution is -0.161. The predicted molar refractivity (Wildman–Crippen MR) is 418 cm³/mol. The Labute approximate surface area is 626 Å². The monoisotopic (exact) mass is 1490 g/mol. The van der Waals surface area contributed by atoms with E-state index in [0.29, 0.717) is 31.6 Å². The maximum absolute atomic E-state index is 13.1. The standard InChI is InChI=1S/C83H162O17P2/c1-8-9-10-11-12-13-36-43-50-57-64-80(85)93-71-79(100-83(88)67-60-53-46-39-42-49-56-63-76(6)7)73-98-102(91,92)96-69-77(84)68-95-101(89,90)97-72-78(99-82(87)66-59-52-45-38-33-29-25-21-17-15-19-23-27-31-35-41-48-55-62-75(4)5)70-94-81(86)65-58-51-44-37-32-28-24-20-16-14-18-22-26-30-34-40-47-54-61-74(2)3/h74-79,84H,8-73H2,1-7H3,(H,89,90)(H,91,92)/t77-,78-,79-/m1/s1. The molecule has 0 bridgehead atoms. The van der Waals surface area contributed by atoms with Crippen LogP contribution in [0.25, 0.3) is 0 Å². The van der Waals surface area contributed by atoms with E-state index in [-0.39, 0.29) is 25.7 Å². The molecule has 0 heterocycles. The quantitative estimate of drug-likeness (QED) is 0.0222. The molecule has 0 amide bonds. The van der Waals surface area contributed by atoms with Gasteiger partial charge in [0, 0.05) is 25.7 Å². The van der Waals surface area contributed by atoms with Crippen molar-refractivity contribution in [3.63, 3.8) is 0 Å². The molecule has 2 unspecified atom stereocenters. The molecule has 0 aliphatic rings. The van der Waals surface area contributed by atoms with E-state index in [4.69, 9.17) is 37.0 Å². The van der Waals surface area contributed by atoms with E-state index in [1.165, 1.54) is 244 Å². The van der Waals surface area contributed by atoms with Crippen LogP contribution in [-0.2, 0) is 65.4 Å². The first-order chi connectivity index (χ1) is 49.2. The van der Waals surface area contributed by atoms with E-state index >= 15 is 0 Å². The van der Waals surface area contributed by atoms with E-state index in [1.807, 2.05) is 0 Å². The molecule has 0 spiro atoms. The van der Waals surface area contributed by atoms with E-state index in [0.717, 1.165) is 102 Å². The van der Waals surface area contributed by atoms with Gasteiger partial charge in [0.05, 0.1) is 26.4 Å². The lowest BCUT2D eigenvalue weighted by Crippen LogP contribution is -2.30. The highest BCUT2D eigenvalue weighted by atomic mass is 31.2. The molecule has 0 aliphatic heterocycles. The molecule has 0 rings (SSSR count). The molecular formula is C83H162O17P2. The van der Waals surface area contributed by atoms with Crippen molar-refractivity contribution in [1.82, 2.24) is 0 Å². The zero-order valence-electron chi connectivity index (χ0n) is 67.1. The number of carbonyl (C=O) groups is 4. The molecule has 102 heavy (non-hydrogen) atoms. The van der Waals surface area contributed by atoms with Gasteiger partial charge in [0.25, 0.3) is 0 Å². The normalized spacial score (nSPS) is 13.9. The second kappa shape index (κ2) is 73.2. The van der Waals surface area contributed by atoms with Crippen molar-refractivity contribution in [3.05, 3.63) is 0 Å². The number of aliphatic hydroxyl groups excluding tert-OH is 1. The second-order valence-corrected chi connectivity index (χ2v) is 34.2. The van der Waals surface area contributed by atoms with Crippen molar-refractivity contribution in [3.8, 4) is 0 Å². The van der Waals surface area contributed by atoms with E-state index < -0.39 is 97.5 Å². The van der Waals surface area contributed by atoms with Gasteiger partial charge < -0.3 is 33.8 Å². The third-order valence-corrected chi connectivity index (χ3v) is 21.3. The zero-order chi connectivity index (χ0) is 75.1. The van der Waals surface area contributed by atoms with Gasteiger partial charge in [-0.15, -0.1) is 0 Å². The van der Waals surface area contributed by atoms with Gasteiger partial charge in [-0.2, -0.15) is 0 Å². The van der Waals surface area contributed by atoms with Crippen LogP contribution >= 0.6 is 15.6 Å². The first kappa shape index (κ1) is 100. The summed E-state index contributed by atoms with van der Waals surface area (Å²) in [5.74, 6) is 0.227. The predicted octanol–water partition coefficient (Wildman–Crippen LogP) is 24.9. The Morgan fingerprint density at radius 3 is 0.667 bits per heavy atom. The summed E-state index contributed by atoms with van der Waals surface area (Å²) in [6.45, 7) is 11.9. The molecule has 0 aromatic rings. The second-order valence-electron chi connectivity index (χ2n) is 31.3. The summed E-state index contributed by atoms with van der Waals surface area (Å²) in [7, 11) is -9.92. The van der Waals surface area contributed by atoms with Crippen LogP contribution in [0.2, 0.25) is 0 Å². The molecule has 0 fully saturated rings. The molecule has 0 aromatic carbocycles. The lowest BCUT2D eigenvalue weighted by Gasteiger charge is -2.21. The average molecular weight is 1490 g/mol. The summed E-state index contributed by atoms with van der Waals surface area (Å²) in [6.07, 6.45) is 62.7. The largest absolute Gasteiger partial charge is 0.472 e. The Hall–Kier alpha value is -1.94. The van der Waals surface area contributed by atoms with Crippen LogP contribution in [0.15, 0.2) is 0 Å². The van der Waals surface area contributed by atoms with Crippen LogP contribution < -0.4 is 0 Å². The Bertz CT molecular complexity index is 1970. The first-order valence-corrected chi connectivity index (χ1v) is 45.8. The molecule has 0 aromatic heterocycles. The minimum atomic E-state index is -4.96. The molecule has 606 valence electrons. The molecule has 0 saturated heterocycles. The van der Waals surface area contributed by atoms with Gasteiger partial charge >= 0.3 is 39.5 Å². The summed E-state index contributed by atoms with van der Waals surface area (Å²) in [5, 5.41) is 10.6. The van der Waals surface area contributed by atoms with Gasteiger partial charge in [-0.3, -0.25) is 37.3 Å². The van der Waals surface area contributed by atoms with Crippen molar-refractivity contribution in [1.29, 1.82) is 0 Å². The van der Waals surface area contributed by atoms with Gasteiger partial charge in [0.15, 0.2) is 12.2 Å². The van der Waals surface area contributed by atoms with Gasteiger partial charge in [-0.1, -0.05) is 382 Å². The third kappa shape index (κ3) is 76.3. The van der Waals surface area contributed by atoms with E-state index in [1.54, 1.807) is 0 Å². The molecule has 5 atom stereocenters. The minimum Gasteiger partial charge on any atom is -0.462 e. The zero-order valence-corrected chi connectivity index (χ0v) is 68.9. The number of hydrogen-bond acceptors (Lipinski definition) is 15. The number of phosphoric ester groups is 2. The molecular weight excluding hydrogens is 1330 g/mol. The summed E-state index contributed by atoms with van der Waals surface area (Å²) in [4.78, 5) is 73.0. The van der Waals surface area contributed by atoms with Crippen LogP contribution in [0.5, 0.6) is 0 Å². The van der Waals surface area contributed by atoms with E-state index in [9.17, 15) is 43.2 Å². The number of unbranched alkanes of at least 4 members (excludes halogenated alkanes) is 49. The van der Waals surface area contributed by atoms with Crippen LogP contribution in [0.4, 0.5) is 0 Å².